The molecular weight excluding hydrogens is 355 g/mol. The van der Waals surface area contributed by atoms with E-state index in [0.29, 0.717) is 16.3 Å². The Morgan fingerprint density at radius 2 is 2.22 bits per heavy atom. The standard InChI is InChI=1S/C16H17ClN2O2S.ClH/c1-19-6-4-15-11(5-7-22-15)14(9-19)21-13-3-2-10(16(18)20)8-12(13)17;/h2-3,5,7-8,14H,4,6,9H2,1H3,(H2,18,20);1H. The molecule has 23 heavy (non-hydrogen) atoms. The molecule has 1 amide bonds. The summed E-state index contributed by atoms with van der Waals surface area (Å²) in [4.78, 5) is 14.8. The van der Waals surface area contributed by atoms with Crippen molar-refractivity contribution in [3.8, 4) is 5.75 Å². The summed E-state index contributed by atoms with van der Waals surface area (Å²) in [6.45, 7) is 1.82. The molecule has 2 N–H and O–H groups in total. The van der Waals surface area contributed by atoms with Gasteiger partial charge in [0, 0.05) is 29.1 Å². The lowest BCUT2D eigenvalue weighted by Gasteiger charge is -2.22. The van der Waals surface area contributed by atoms with Crippen LogP contribution in [0.25, 0.3) is 0 Å². The maximum absolute atomic E-state index is 11.2. The summed E-state index contributed by atoms with van der Waals surface area (Å²) >= 11 is 7.99. The molecule has 1 aliphatic heterocycles. The van der Waals surface area contributed by atoms with E-state index in [9.17, 15) is 4.79 Å². The van der Waals surface area contributed by atoms with Crippen molar-refractivity contribution in [3.05, 3.63) is 50.7 Å². The van der Waals surface area contributed by atoms with E-state index >= 15 is 0 Å². The molecule has 4 nitrogen and oxygen atoms in total. The van der Waals surface area contributed by atoms with E-state index in [-0.39, 0.29) is 18.5 Å². The number of likely N-dealkylation sites (N-methyl/N-ethyl adjacent to an activating group) is 1. The van der Waals surface area contributed by atoms with Gasteiger partial charge in [-0.15, -0.1) is 23.7 Å². The van der Waals surface area contributed by atoms with Gasteiger partial charge in [0.1, 0.15) is 11.9 Å². The molecule has 0 spiro atoms. The lowest BCUT2D eigenvalue weighted by atomic mass is 10.1. The summed E-state index contributed by atoms with van der Waals surface area (Å²) in [5.74, 6) is 0.0758. The average molecular weight is 373 g/mol. The number of fused-ring (bicyclic) bond motifs is 1. The van der Waals surface area contributed by atoms with Crippen LogP contribution in [0.2, 0.25) is 5.02 Å². The van der Waals surface area contributed by atoms with Crippen LogP contribution in [-0.4, -0.2) is 30.9 Å². The fourth-order valence-electron chi connectivity index (χ4n) is 2.61. The monoisotopic (exact) mass is 372 g/mol. The van der Waals surface area contributed by atoms with E-state index in [4.69, 9.17) is 22.1 Å². The van der Waals surface area contributed by atoms with Crippen LogP contribution in [0.5, 0.6) is 5.75 Å². The van der Waals surface area contributed by atoms with Crippen molar-refractivity contribution in [2.75, 3.05) is 20.1 Å². The van der Waals surface area contributed by atoms with Crippen molar-refractivity contribution in [3.63, 3.8) is 0 Å². The second kappa shape index (κ2) is 7.53. The summed E-state index contributed by atoms with van der Waals surface area (Å²) < 4.78 is 6.14. The molecule has 0 bridgehead atoms. The summed E-state index contributed by atoms with van der Waals surface area (Å²) in [7, 11) is 2.09. The number of nitrogens with zero attached hydrogens (tertiary/aromatic N) is 1. The predicted octanol–water partition coefficient (Wildman–Crippen LogP) is 3.53. The quantitative estimate of drug-likeness (QED) is 0.896. The van der Waals surface area contributed by atoms with E-state index in [2.05, 4.69) is 23.4 Å². The highest BCUT2D eigenvalue weighted by atomic mass is 35.5. The van der Waals surface area contributed by atoms with E-state index < -0.39 is 5.91 Å². The number of thiophene rings is 1. The number of carbonyl (C=O) groups excluding carboxylic acids is 1. The summed E-state index contributed by atoms with van der Waals surface area (Å²) in [6, 6.07) is 7.02. The van der Waals surface area contributed by atoms with Crippen molar-refractivity contribution in [2.24, 2.45) is 5.73 Å². The minimum Gasteiger partial charge on any atom is -0.483 e. The maximum atomic E-state index is 11.2. The van der Waals surface area contributed by atoms with Crippen LogP contribution in [-0.2, 0) is 6.42 Å². The van der Waals surface area contributed by atoms with Gasteiger partial charge in [-0.3, -0.25) is 4.79 Å². The number of hydrogen-bond donors (Lipinski definition) is 1. The average Bonchev–Trinajstić information content (AvgIpc) is 2.89. The number of carbonyl (C=O) groups is 1. The van der Waals surface area contributed by atoms with Crippen molar-refractivity contribution in [1.29, 1.82) is 0 Å². The molecule has 0 saturated heterocycles. The van der Waals surface area contributed by atoms with Crippen molar-refractivity contribution < 1.29 is 9.53 Å². The molecule has 2 aromatic rings. The highest BCUT2D eigenvalue weighted by Gasteiger charge is 2.24. The van der Waals surface area contributed by atoms with Gasteiger partial charge in [-0.25, -0.2) is 0 Å². The Bertz CT molecular complexity index is 705. The van der Waals surface area contributed by atoms with Crippen LogP contribution in [0.1, 0.15) is 26.9 Å². The smallest absolute Gasteiger partial charge is 0.248 e. The molecule has 1 unspecified atom stereocenters. The van der Waals surface area contributed by atoms with E-state index in [0.717, 1.165) is 19.5 Å². The lowest BCUT2D eigenvalue weighted by Crippen LogP contribution is -2.26. The number of halogens is 2. The first-order chi connectivity index (χ1) is 10.5. The lowest BCUT2D eigenvalue weighted by molar-refractivity contribution is 0.1000. The molecule has 2 heterocycles. The molecule has 7 heteroatoms. The van der Waals surface area contributed by atoms with Crippen LogP contribution >= 0.6 is 35.3 Å². The molecule has 0 saturated carbocycles. The minimum atomic E-state index is -0.497. The van der Waals surface area contributed by atoms with Crippen molar-refractivity contribution >= 4 is 41.3 Å². The number of amides is 1. The van der Waals surface area contributed by atoms with Crippen molar-refractivity contribution in [2.45, 2.75) is 12.5 Å². The molecular formula is C16H18Cl2N2O2S. The van der Waals surface area contributed by atoms with Gasteiger partial charge in [0.15, 0.2) is 0 Å². The van der Waals surface area contributed by atoms with Gasteiger partial charge in [0.05, 0.1) is 5.02 Å². The van der Waals surface area contributed by atoms with Gasteiger partial charge in [0.2, 0.25) is 5.91 Å². The third kappa shape index (κ3) is 3.98. The van der Waals surface area contributed by atoms with E-state index in [1.165, 1.54) is 10.4 Å². The van der Waals surface area contributed by atoms with Crippen molar-refractivity contribution in [1.82, 2.24) is 4.90 Å². The maximum Gasteiger partial charge on any atom is 0.248 e. The number of rotatable bonds is 3. The minimum absolute atomic E-state index is 0. The Morgan fingerprint density at radius 1 is 1.43 bits per heavy atom. The van der Waals surface area contributed by atoms with Crippen LogP contribution in [0.15, 0.2) is 29.6 Å². The second-order valence-electron chi connectivity index (χ2n) is 5.43. The van der Waals surface area contributed by atoms with Crippen LogP contribution in [0.4, 0.5) is 0 Å². The molecule has 1 aliphatic rings. The Balaban J connectivity index is 0.00000192. The molecule has 0 fully saturated rings. The molecule has 1 atom stereocenters. The largest absolute Gasteiger partial charge is 0.483 e. The Hall–Kier alpha value is -1.27. The topological polar surface area (TPSA) is 55.6 Å². The van der Waals surface area contributed by atoms with Crippen LogP contribution in [0.3, 0.4) is 0 Å². The summed E-state index contributed by atoms with van der Waals surface area (Å²) in [5, 5.41) is 2.50. The van der Waals surface area contributed by atoms with E-state index in [1.54, 1.807) is 29.5 Å². The third-order valence-electron chi connectivity index (χ3n) is 3.81. The molecule has 0 aliphatic carbocycles. The number of ether oxygens (including phenoxy) is 1. The van der Waals surface area contributed by atoms with Gasteiger partial charge in [-0.05, 0) is 43.1 Å². The van der Waals surface area contributed by atoms with E-state index in [1.807, 2.05) is 0 Å². The number of benzene rings is 1. The zero-order valence-electron chi connectivity index (χ0n) is 12.6. The van der Waals surface area contributed by atoms with Gasteiger partial charge >= 0.3 is 0 Å². The first-order valence-corrected chi connectivity index (χ1v) is 8.31. The predicted molar refractivity (Wildman–Crippen MR) is 96.1 cm³/mol. The zero-order valence-corrected chi connectivity index (χ0v) is 15.0. The fourth-order valence-corrected chi connectivity index (χ4v) is 3.76. The van der Waals surface area contributed by atoms with Gasteiger partial charge in [-0.2, -0.15) is 0 Å². The Kier molecular flexibility index (Phi) is 5.92. The SMILES string of the molecule is CN1CCc2sccc2C(Oc2ccc(C(N)=O)cc2Cl)C1.Cl. The highest BCUT2D eigenvalue weighted by Crippen LogP contribution is 2.34. The first-order valence-electron chi connectivity index (χ1n) is 7.05. The van der Waals surface area contributed by atoms with Crippen LogP contribution in [0, 0.1) is 0 Å². The number of nitrogens with two attached hydrogens (primary N) is 1. The van der Waals surface area contributed by atoms with Gasteiger partial charge < -0.3 is 15.4 Å². The van der Waals surface area contributed by atoms with Gasteiger partial charge in [0.25, 0.3) is 0 Å². The second-order valence-corrected chi connectivity index (χ2v) is 6.84. The first kappa shape index (κ1) is 18.1. The summed E-state index contributed by atoms with van der Waals surface area (Å²) in [6.07, 6.45) is 0.975. The Labute approximate surface area is 150 Å². The molecule has 124 valence electrons. The van der Waals surface area contributed by atoms with Gasteiger partial charge in [-0.1, -0.05) is 11.6 Å². The number of hydrogen-bond acceptors (Lipinski definition) is 4. The normalized spacial score (nSPS) is 17.7. The molecule has 1 aromatic heterocycles. The zero-order chi connectivity index (χ0) is 15.7. The third-order valence-corrected chi connectivity index (χ3v) is 5.10. The summed E-state index contributed by atoms with van der Waals surface area (Å²) in [5.41, 5.74) is 6.87. The number of primary amides is 1. The molecule has 1 aromatic carbocycles. The fraction of sp³-hybridized carbons (Fsp3) is 0.312. The molecule has 0 radical (unpaired) electrons. The van der Waals surface area contributed by atoms with Crippen LogP contribution < -0.4 is 10.5 Å². The Morgan fingerprint density at radius 3 is 2.91 bits per heavy atom. The molecule has 3 rings (SSSR count). The highest BCUT2D eigenvalue weighted by molar-refractivity contribution is 7.10.